The highest BCUT2D eigenvalue weighted by molar-refractivity contribution is 5.49. The lowest BCUT2D eigenvalue weighted by molar-refractivity contribution is 0.301. The van der Waals surface area contributed by atoms with Crippen LogP contribution in [0.25, 0.3) is 0 Å². The molecule has 0 radical (unpaired) electrons. The molecule has 0 fully saturated rings. The maximum absolute atomic E-state index is 11.5. The standard InChI is InChI=1S/C10H15N3O/c1-12-4-3-7-8(11)5-10(14)13(2)9(7)6-12/h5H,3-4,6,11H2,1-2H3. The Morgan fingerprint density at radius 2 is 2.14 bits per heavy atom. The number of hydrogen-bond donors (Lipinski definition) is 1. The van der Waals surface area contributed by atoms with Crippen LogP contribution in [0.3, 0.4) is 0 Å². The van der Waals surface area contributed by atoms with Gasteiger partial charge in [-0.1, -0.05) is 0 Å². The minimum atomic E-state index is -0.0171. The molecule has 2 N–H and O–H groups in total. The van der Waals surface area contributed by atoms with Gasteiger partial charge >= 0.3 is 0 Å². The van der Waals surface area contributed by atoms with Gasteiger partial charge in [-0.2, -0.15) is 0 Å². The van der Waals surface area contributed by atoms with Crippen molar-refractivity contribution in [3.05, 3.63) is 27.7 Å². The van der Waals surface area contributed by atoms with Gasteiger partial charge in [-0.25, -0.2) is 0 Å². The van der Waals surface area contributed by atoms with Gasteiger partial charge in [0.15, 0.2) is 0 Å². The molecule has 2 heterocycles. The lowest BCUT2D eigenvalue weighted by atomic mass is 10.0. The van der Waals surface area contributed by atoms with Gasteiger partial charge in [0.25, 0.3) is 5.56 Å². The van der Waals surface area contributed by atoms with Crippen molar-refractivity contribution < 1.29 is 0 Å². The van der Waals surface area contributed by atoms with E-state index in [4.69, 9.17) is 5.73 Å². The normalized spacial score (nSPS) is 16.7. The Morgan fingerprint density at radius 1 is 1.43 bits per heavy atom. The summed E-state index contributed by atoms with van der Waals surface area (Å²) in [5.74, 6) is 0. The lowest BCUT2D eigenvalue weighted by Crippen LogP contribution is -2.33. The molecule has 0 atom stereocenters. The Labute approximate surface area is 82.9 Å². The summed E-state index contributed by atoms with van der Waals surface area (Å²) in [5, 5.41) is 0. The van der Waals surface area contributed by atoms with E-state index in [1.807, 2.05) is 0 Å². The molecule has 1 aliphatic heterocycles. The van der Waals surface area contributed by atoms with Crippen molar-refractivity contribution in [1.82, 2.24) is 9.47 Å². The van der Waals surface area contributed by atoms with E-state index in [1.54, 1.807) is 11.6 Å². The molecule has 0 saturated carbocycles. The number of nitrogen functional groups attached to an aromatic ring is 1. The molecule has 1 aromatic heterocycles. The van der Waals surface area contributed by atoms with E-state index >= 15 is 0 Å². The van der Waals surface area contributed by atoms with E-state index < -0.39 is 0 Å². The fourth-order valence-electron chi connectivity index (χ4n) is 1.95. The minimum Gasteiger partial charge on any atom is -0.398 e. The number of likely N-dealkylation sites (N-methyl/N-ethyl adjacent to an activating group) is 1. The summed E-state index contributed by atoms with van der Waals surface area (Å²) in [6.45, 7) is 1.82. The van der Waals surface area contributed by atoms with E-state index in [2.05, 4.69) is 11.9 Å². The highest BCUT2D eigenvalue weighted by Gasteiger charge is 2.18. The van der Waals surface area contributed by atoms with Crippen LogP contribution >= 0.6 is 0 Å². The molecule has 0 unspecified atom stereocenters. The van der Waals surface area contributed by atoms with Gasteiger partial charge in [0.1, 0.15) is 0 Å². The van der Waals surface area contributed by atoms with Crippen molar-refractivity contribution in [3.63, 3.8) is 0 Å². The molecule has 14 heavy (non-hydrogen) atoms. The molecule has 0 bridgehead atoms. The highest BCUT2D eigenvalue weighted by Crippen LogP contribution is 2.20. The Kier molecular flexibility index (Phi) is 2.07. The molecule has 0 aliphatic carbocycles. The van der Waals surface area contributed by atoms with E-state index in [0.717, 1.165) is 30.8 Å². The molecule has 4 nitrogen and oxygen atoms in total. The van der Waals surface area contributed by atoms with Crippen molar-refractivity contribution in [3.8, 4) is 0 Å². The third-order valence-corrected chi connectivity index (χ3v) is 2.87. The largest absolute Gasteiger partial charge is 0.398 e. The van der Waals surface area contributed by atoms with Crippen LogP contribution < -0.4 is 11.3 Å². The zero-order valence-corrected chi connectivity index (χ0v) is 8.58. The Morgan fingerprint density at radius 3 is 2.86 bits per heavy atom. The second kappa shape index (κ2) is 3.13. The van der Waals surface area contributed by atoms with Crippen molar-refractivity contribution in [1.29, 1.82) is 0 Å². The summed E-state index contributed by atoms with van der Waals surface area (Å²) >= 11 is 0. The molecule has 0 saturated heterocycles. The van der Waals surface area contributed by atoms with Crippen molar-refractivity contribution in [2.24, 2.45) is 7.05 Å². The van der Waals surface area contributed by atoms with Gasteiger partial charge in [-0.3, -0.25) is 4.79 Å². The fourth-order valence-corrected chi connectivity index (χ4v) is 1.95. The lowest BCUT2D eigenvalue weighted by Gasteiger charge is -2.27. The third-order valence-electron chi connectivity index (χ3n) is 2.87. The topological polar surface area (TPSA) is 51.3 Å². The number of fused-ring (bicyclic) bond motifs is 1. The molecule has 1 aromatic rings. The van der Waals surface area contributed by atoms with Crippen molar-refractivity contribution >= 4 is 5.69 Å². The number of nitrogens with zero attached hydrogens (tertiary/aromatic N) is 2. The number of pyridine rings is 1. The number of aromatic nitrogens is 1. The van der Waals surface area contributed by atoms with Crippen LogP contribution in [0.4, 0.5) is 5.69 Å². The monoisotopic (exact) mass is 193 g/mol. The number of anilines is 1. The summed E-state index contributed by atoms with van der Waals surface area (Å²) in [7, 11) is 3.86. The van der Waals surface area contributed by atoms with Crippen LogP contribution in [0.2, 0.25) is 0 Å². The van der Waals surface area contributed by atoms with E-state index in [-0.39, 0.29) is 5.56 Å². The molecule has 1 aliphatic rings. The average molecular weight is 193 g/mol. The molecule has 0 amide bonds. The van der Waals surface area contributed by atoms with Gasteiger partial charge < -0.3 is 15.2 Å². The summed E-state index contributed by atoms with van der Waals surface area (Å²) in [6.07, 6.45) is 0.936. The van der Waals surface area contributed by atoms with Gasteiger partial charge in [0, 0.05) is 37.6 Å². The molecule has 2 rings (SSSR count). The number of nitrogens with two attached hydrogens (primary N) is 1. The van der Waals surface area contributed by atoms with Gasteiger partial charge in [0.2, 0.25) is 0 Å². The SMILES string of the molecule is CN1CCc2c(N)cc(=O)n(C)c2C1. The maximum Gasteiger partial charge on any atom is 0.252 e. The summed E-state index contributed by atoms with van der Waals surface area (Å²) in [5.41, 5.74) is 8.66. The first-order chi connectivity index (χ1) is 6.59. The number of rotatable bonds is 0. The maximum atomic E-state index is 11.5. The molecule has 0 spiro atoms. The second-order valence-corrected chi connectivity index (χ2v) is 3.91. The first-order valence-electron chi connectivity index (χ1n) is 4.75. The first-order valence-corrected chi connectivity index (χ1v) is 4.75. The Hall–Kier alpha value is -1.29. The quantitative estimate of drug-likeness (QED) is 0.629. The second-order valence-electron chi connectivity index (χ2n) is 3.91. The minimum absolute atomic E-state index is 0.0171. The third kappa shape index (κ3) is 1.32. The smallest absolute Gasteiger partial charge is 0.252 e. The molecule has 0 aromatic carbocycles. The molecular weight excluding hydrogens is 178 g/mol. The van der Waals surface area contributed by atoms with Crippen molar-refractivity contribution in [2.45, 2.75) is 13.0 Å². The van der Waals surface area contributed by atoms with Gasteiger partial charge in [-0.15, -0.1) is 0 Å². The van der Waals surface area contributed by atoms with E-state index in [1.165, 1.54) is 6.07 Å². The van der Waals surface area contributed by atoms with E-state index in [9.17, 15) is 4.79 Å². The molecular formula is C10H15N3O. The Bertz CT molecular complexity index is 422. The fraction of sp³-hybridized carbons (Fsp3) is 0.500. The van der Waals surface area contributed by atoms with Crippen LogP contribution in [0, 0.1) is 0 Å². The Balaban J connectivity index is 2.63. The summed E-state index contributed by atoms with van der Waals surface area (Å²) in [4.78, 5) is 13.7. The van der Waals surface area contributed by atoms with Gasteiger partial charge in [0.05, 0.1) is 0 Å². The molecule has 4 heteroatoms. The predicted octanol–water partition coefficient (Wildman–Crippen LogP) is -0.0446. The zero-order valence-electron chi connectivity index (χ0n) is 8.58. The average Bonchev–Trinajstić information content (AvgIpc) is 2.14. The van der Waals surface area contributed by atoms with Crippen LogP contribution in [0.1, 0.15) is 11.3 Å². The predicted molar refractivity (Wildman–Crippen MR) is 56.1 cm³/mol. The zero-order chi connectivity index (χ0) is 10.3. The molecule has 76 valence electrons. The van der Waals surface area contributed by atoms with Crippen LogP contribution in [0.15, 0.2) is 10.9 Å². The van der Waals surface area contributed by atoms with Crippen molar-refractivity contribution in [2.75, 3.05) is 19.3 Å². The van der Waals surface area contributed by atoms with Gasteiger partial charge in [-0.05, 0) is 19.0 Å². The first kappa shape index (κ1) is 9.27. The summed E-state index contributed by atoms with van der Waals surface area (Å²) < 4.78 is 1.70. The van der Waals surface area contributed by atoms with Crippen LogP contribution in [-0.2, 0) is 20.0 Å². The number of hydrogen-bond acceptors (Lipinski definition) is 3. The van der Waals surface area contributed by atoms with Crippen LogP contribution in [-0.4, -0.2) is 23.1 Å². The summed E-state index contributed by atoms with van der Waals surface area (Å²) in [6, 6.07) is 1.52. The van der Waals surface area contributed by atoms with Crippen LogP contribution in [0.5, 0.6) is 0 Å². The van der Waals surface area contributed by atoms with E-state index in [0.29, 0.717) is 5.69 Å². The highest BCUT2D eigenvalue weighted by atomic mass is 16.1.